The van der Waals surface area contributed by atoms with Gasteiger partial charge in [-0.1, -0.05) is 6.58 Å². The van der Waals surface area contributed by atoms with Crippen LogP contribution in [0.1, 0.15) is 0 Å². The fraction of sp³-hybridized carbons (Fsp3) is 0.500. The zero-order valence-electron chi connectivity index (χ0n) is 6.22. The van der Waals surface area contributed by atoms with Crippen LogP contribution in [0.2, 0.25) is 0 Å². The molecule has 0 spiro atoms. The summed E-state index contributed by atoms with van der Waals surface area (Å²) < 4.78 is 84.4. The highest BCUT2D eigenvalue weighted by molar-refractivity contribution is 7.57. The van der Waals surface area contributed by atoms with Crippen LogP contribution in [0, 0.1) is 0 Å². The highest BCUT2D eigenvalue weighted by Crippen LogP contribution is 2.57. The number of rotatable bonds is 3. The van der Waals surface area contributed by atoms with Crippen LogP contribution in [-0.4, -0.2) is 12.7 Å². The molecule has 14 heavy (non-hydrogen) atoms. The molecule has 0 aliphatic carbocycles. The predicted octanol–water partition coefficient (Wildman–Crippen LogP) is 3.40. The van der Waals surface area contributed by atoms with E-state index in [4.69, 9.17) is 0 Å². The van der Waals surface area contributed by atoms with E-state index in [0.717, 1.165) is 0 Å². The third-order valence-electron chi connectivity index (χ3n) is 0.685. The molecule has 0 aliphatic rings. The first-order valence-electron chi connectivity index (χ1n) is 2.76. The van der Waals surface area contributed by atoms with Crippen LogP contribution in [0.4, 0.5) is 26.3 Å². The van der Waals surface area contributed by atoms with E-state index in [1.54, 1.807) is 0 Å². The van der Waals surface area contributed by atoms with Crippen molar-refractivity contribution in [3.63, 3.8) is 0 Å². The minimum atomic E-state index is -5.50. The molecule has 0 radical (unpaired) electrons. The highest BCUT2D eigenvalue weighted by Gasteiger charge is 2.46. The van der Waals surface area contributed by atoms with Gasteiger partial charge in [0.05, 0.1) is 0 Å². The SMILES string of the molecule is C=CP(=O)(OC(F)(F)F)OC(F)(F)F. The molecule has 0 aromatic heterocycles. The molecule has 0 aliphatic heterocycles. The smallest absolute Gasteiger partial charge is 0.255 e. The fourth-order valence-corrected chi connectivity index (χ4v) is 1.15. The molecule has 3 nitrogen and oxygen atoms in total. The van der Waals surface area contributed by atoms with Gasteiger partial charge in [-0.3, -0.25) is 4.57 Å². The van der Waals surface area contributed by atoms with Gasteiger partial charge in [-0.05, 0) is 0 Å². The van der Waals surface area contributed by atoms with Crippen LogP contribution >= 0.6 is 7.60 Å². The summed E-state index contributed by atoms with van der Waals surface area (Å²) in [4.78, 5) is 0. The number of hydrogen-bond acceptors (Lipinski definition) is 3. The quantitative estimate of drug-likeness (QED) is 0.563. The van der Waals surface area contributed by atoms with Gasteiger partial charge in [0.2, 0.25) is 0 Å². The molecule has 84 valence electrons. The van der Waals surface area contributed by atoms with Gasteiger partial charge in [0, 0.05) is 5.82 Å². The van der Waals surface area contributed by atoms with Crippen LogP contribution in [0.3, 0.4) is 0 Å². The van der Waals surface area contributed by atoms with Crippen LogP contribution in [-0.2, 0) is 13.6 Å². The van der Waals surface area contributed by atoms with Gasteiger partial charge in [-0.25, -0.2) is 9.05 Å². The summed E-state index contributed by atoms with van der Waals surface area (Å²) in [5, 5.41) is 0. The molecule has 0 fully saturated rings. The molecule has 10 heteroatoms. The normalized spacial score (nSPS) is 14.1. The lowest BCUT2D eigenvalue weighted by molar-refractivity contribution is -0.305. The monoisotopic (exact) mass is 244 g/mol. The van der Waals surface area contributed by atoms with E-state index in [2.05, 4.69) is 15.6 Å². The lowest BCUT2D eigenvalue weighted by Gasteiger charge is -2.17. The third-order valence-corrected chi connectivity index (χ3v) is 2.06. The van der Waals surface area contributed by atoms with E-state index in [-0.39, 0.29) is 5.82 Å². The van der Waals surface area contributed by atoms with Gasteiger partial charge < -0.3 is 0 Å². The first-order chi connectivity index (χ1) is 5.97. The molecular weight excluding hydrogens is 241 g/mol. The van der Waals surface area contributed by atoms with Crippen molar-refractivity contribution in [1.82, 2.24) is 0 Å². The standard InChI is InChI=1S/C4H3F6O3P/c1-2-14(11,12-3(5,6)7)13-4(8,9)10/h2H,1H2. The second-order valence-corrected chi connectivity index (χ2v) is 3.61. The summed E-state index contributed by atoms with van der Waals surface area (Å²) in [5.74, 6) is -0.187. The molecule has 0 saturated heterocycles. The molecule has 0 N–H and O–H groups in total. The summed E-state index contributed by atoms with van der Waals surface area (Å²) >= 11 is 0. The third kappa shape index (κ3) is 6.01. The van der Waals surface area contributed by atoms with E-state index in [9.17, 15) is 30.9 Å². The Morgan fingerprint density at radius 3 is 1.43 bits per heavy atom. The Morgan fingerprint density at radius 2 is 1.29 bits per heavy atom. The molecule has 0 heterocycles. The second kappa shape index (κ2) is 3.92. The maximum atomic E-state index is 11.4. The van der Waals surface area contributed by atoms with Crippen molar-refractivity contribution in [2.45, 2.75) is 12.7 Å². The van der Waals surface area contributed by atoms with Crippen molar-refractivity contribution in [3.8, 4) is 0 Å². The molecule has 0 atom stereocenters. The van der Waals surface area contributed by atoms with Crippen molar-refractivity contribution < 1.29 is 40.0 Å². The van der Waals surface area contributed by atoms with E-state index < -0.39 is 20.3 Å². The van der Waals surface area contributed by atoms with Gasteiger partial charge in [-0.2, -0.15) is 0 Å². The van der Waals surface area contributed by atoms with E-state index in [1.807, 2.05) is 0 Å². The molecule has 0 amide bonds. The molecule has 0 aromatic rings. The van der Waals surface area contributed by atoms with Crippen LogP contribution < -0.4 is 0 Å². The molecular formula is C4H3F6O3P. The zero-order chi connectivity index (χ0) is 11.6. The Kier molecular flexibility index (Phi) is 3.77. The lowest BCUT2D eigenvalue weighted by Crippen LogP contribution is -2.17. The predicted molar refractivity (Wildman–Crippen MR) is 32.1 cm³/mol. The Hall–Kier alpha value is -0.530. The first-order valence-corrected chi connectivity index (χ1v) is 4.37. The topological polar surface area (TPSA) is 35.5 Å². The molecule has 0 bridgehead atoms. The van der Waals surface area contributed by atoms with Crippen molar-refractivity contribution >= 4 is 7.60 Å². The van der Waals surface area contributed by atoms with Crippen LogP contribution in [0.25, 0.3) is 0 Å². The minimum absolute atomic E-state index is 0.187. The Balaban J connectivity index is 4.67. The minimum Gasteiger partial charge on any atom is -0.255 e. The fourth-order valence-electron chi connectivity index (χ4n) is 0.382. The summed E-state index contributed by atoms with van der Waals surface area (Å²) in [6, 6.07) is 0. The molecule has 0 unspecified atom stereocenters. The molecule has 0 aromatic carbocycles. The Bertz CT molecular complexity index is 235. The number of halogens is 6. The van der Waals surface area contributed by atoms with Crippen LogP contribution in [0.15, 0.2) is 12.4 Å². The van der Waals surface area contributed by atoms with Crippen molar-refractivity contribution in [3.05, 3.63) is 12.4 Å². The van der Waals surface area contributed by atoms with E-state index in [0.29, 0.717) is 0 Å². The summed E-state index contributed by atoms with van der Waals surface area (Å²) in [6.45, 7) is 2.49. The maximum Gasteiger partial charge on any atom is 0.529 e. The number of alkyl halides is 6. The number of hydrogen-bond donors (Lipinski definition) is 0. The van der Waals surface area contributed by atoms with Gasteiger partial charge in [0.1, 0.15) is 0 Å². The highest BCUT2D eigenvalue weighted by atomic mass is 31.2. The lowest BCUT2D eigenvalue weighted by atomic mass is 11.3. The maximum absolute atomic E-state index is 11.4. The largest absolute Gasteiger partial charge is 0.529 e. The van der Waals surface area contributed by atoms with E-state index in [1.165, 1.54) is 0 Å². The van der Waals surface area contributed by atoms with Gasteiger partial charge >= 0.3 is 20.3 Å². The van der Waals surface area contributed by atoms with E-state index >= 15 is 0 Å². The Morgan fingerprint density at radius 1 is 1.00 bits per heavy atom. The average Bonchev–Trinajstić information content (AvgIpc) is 1.78. The van der Waals surface area contributed by atoms with Gasteiger partial charge in [0.25, 0.3) is 0 Å². The average molecular weight is 244 g/mol. The second-order valence-electron chi connectivity index (χ2n) is 1.80. The van der Waals surface area contributed by atoms with Crippen molar-refractivity contribution in [2.75, 3.05) is 0 Å². The van der Waals surface area contributed by atoms with Crippen LogP contribution in [0.5, 0.6) is 0 Å². The first kappa shape index (κ1) is 13.5. The molecule has 0 rings (SSSR count). The zero-order valence-corrected chi connectivity index (χ0v) is 7.12. The van der Waals surface area contributed by atoms with Gasteiger partial charge in [0.15, 0.2) is 0 Å². The summed E-state index contributed by atoms with van der Waals surface area (Å²) in [6.07, 6.45) is -11.0. The summed E-state index contributed by atoms with van der Waals surface area (Å²) in [7, 11) is -5.43. The van der Waals surface area contributed by atoms with Crippen molar-refractivity contribution in [1.29, 1.82) is 0 Å². The molecule has 0 saturated carbocycles. The Labute approximate surface area is 73.8 Å². The summed E-state index contributed by atoms with van der Waals surface area (Å²) in [5.41, 5.74) is 0. The van der Waals surface area contributed by atoms with Gasteiger partial charge in [-0.15, -0.1) is 26.3 Å². The van der Waals surface area contributed by atoms with Crippen molar-refractivity contribution in [2.24, 2.45) is 0 Å².